The summed E-state index contributed by atoms with van der Waals surface area (Å²) in [6.07, 6.45) is 0. The number of ether oxygens (including phenoxy) is 1. The Kier molecular flexibility index (Phi) is 3.43. The van der Waals surface area contributed by atoms with Gasteiger partial charge in [-0.2, -0.15) is 0 Å². The average Bonchev–Trinajstić information content (AvgIpc) is 3.09. The summed E-state index contributed by atoms with van der Waals surface area (Å²) in [4.78, 5) is 1.03. The molecule has 0 amide bonds. The molecule has 0 spiro atoms. The molecule has 5 heteroatoms. The number of aromatic nitrogens is 1. The molecule has 3 rings (SSSR count). The Labute approximate surface area is 120 Å². The highest BCUT2D eigenvalue weighted by atomic mass is 32.1. The lowest BCUT2D eigenvalue weighted by molar-refractivity contribution is 0.339. The molecule has 0 aliphatic rings. The molecule has 0 atom stereocenters. The van der Waals surface area contributed by atoms with Gasteiger partial charge >= 0.3 is 0 Å². The fourth-order valence-electron chi connectivity index (χ4n) is 2.08. The molecule has 2 N–H and O–H groups in total. The van der Waals surface area contributed by atoms with Gasteiger partial charge in [-0.1, -0.05) is 23.4 Å². The van der Waals surface area contributed by atoms with Crippen molar-refractivity contribution in [2.24, 2.45) is 0 Å². The van der Waals surface area contributed by atoms with Crippen LogP contribution in [0.15, 0.2) is 46.3 Å². The zero-order valence-electron chi connectivity index (χ0n) is 11.0. The highest BCUT2D eigenvalue weighted by Crippen LogP contribution is 2.41. The van der Waals surface area contributed by atoms with Gasteiger partial charge in [-0.3, -0.25) is 0 Å². The monoisotopic (exact) mass is 286 g/mol. The van der Waals surface area contributed by atoms with Crippen molar-refractivity contribution in [2.75, 3.05) is 12.3 Å². The van der Waals surface area contributed by atoms with Gasteiger partial charge in [0.1, 0.15) is 5.75 Å². The van der Waals surface area contributed by atoms with E-state index in [1.807, 2.05) is 48.7 Å². The van der Waals surface area contributed by atoms with Crippen molar-refractivity contribution in [2.45, 2.75) is 6.92 Å². The molecule has 2 aromatic heterocycles. The summed E-state index contributed by atoms with van der Waals surface area (Å²) in [5.74, 6) is 1.81. The average molecular weight is 286 g/mol. The Morgan fingerprint density at radius 1 is 1.25 bits per heavy atom. The van der Waals surface area contributed by atoms with E-state index in [0.29, 0.717) is 18.2 Å². The van der Waals surface area contributed by atoms with Crippen LogP contribution >= 0.6 is 11.3 Å². The summed E-state index contributed by atoms with van der Waals surface area (Å²) in [7, 11) is 0. The quantitative estimate of drug-likeness (QED) is 0.786. The number of rotatable bonds is 4. The predicted octanol–water partition coefficient (Wildman–Crippen LogP) is 4.05. The van der Waals surface area contributed by atoms with E-state index < -0.39 is 0 Å². The zero-order chi connectivity index (χ0) is 13.9. The van der Waals surface area contributed by atoms with Crippen LogP contribution in [0.3, 0.4) is 0 Å². The third-order valence-corrected chi connectivity index (χ3v) is 3.80. The second-order valence-electron chi connectivity index (χ2n) is 4.18. The number of thiophene rings is 1. The summed E-state index contributed by atoms with van der Waals surface area (Å²) in [5.41, 5.74) is 7.64. The molecule has 0 saturated heterocycles. The lowest BCUT2D eigenvalue weighted by Crippen LogP contribution is -1.94. The fourth-order valence-corrected chi connectivity index (χ4v) is 2.86. The summed E-state index contributed by atoms with van der Waals surface area (Å²) >= 11 is 1.60. The van der Waals surface area contributed by atoms with Gasteiger partial charge in [-0.05, 0) is 30.5 Å². The molecular weight excluding hydrogens is 272 g/mol. The molecule has 0 radical (unpaired) electrons. The van der Waals surface area contributed by atoms with E-state index in [9.17, 15) is 0 Å². The lowest BCUT2D eigenvalue weighted by Gasteiger charge is -2.08. The van der Waals surface area contributed by atoms with Gasteiger partial charge in [-0.25, -0.2) is 0 Å². The molecule has 102 valence electrons. The second kappa shape index (κ2) is 5.38. The maximum Gasteiger partial charge on any atom is 0.181 e. The van der Waals surface area contributed by atoms with Crippen molar-refractivity contribution in [3.63, 3.8) is 0 Å². The van der Waals surface area contributed by atoms with Crippen molar-refractivity contribution in [1.29, 1.82) is 0 Å². The van der Waals surface area contributed by atoms with Crippen molar-refractivity contribution >= 4 is 17.2 Å². The van der Waals surface area contributed by atoms with Crippen molar-refractivity contribution in [1.82, 2.24) is 5.16 Å². The number of hydrogen-bond acceptors (Lipinski definition) is 5. The van der Waals surface area contributed by atoms with E-state index in [2.05, 4.69) is 5.16 Å². The molecule has 20 heavy (non-hydrogen) atoms. The molecule has 1 aromatic carbocycles. The van der Waals surface area contributed by atoms with E-state index in [0.717, 1.165) is 21.8 Å². The normalized spacial score (nSPS) is 10.7. The number of nitrogens with zero attached hydrogens (tertiary/aromatic N) is 1. The molecule has 0 unspecified atom stereocenters. The predicted molar refractivity (Wildman–Crippen MR) is 80.8 cm³/mol. The minimum atomic E-state index is 0.397. The van der Waals surface area contributed by atoms with Gasteiger partial charge < -0.3 is 15.0 Å². The van der Waals surface area contributed by atoms with Crippen molar-refractivity contribution in [3.05, 3.63) is 41.8 Å². The SMILES string of the molecule is CCOc1ccccc1-c1onc(N)c1-c1cccs1. The summed E-state index contributed by atoms with van der Waals surface area (Å²) in [6.45, 7) is 2.54. The summed E-state index contributed by atoms with van der Waals surface area (Å²) < 4.78 is 11.1. The molecule has 0 bridgehead atoms. The Hall–Kier alpha value is -2.27. The van der Waals surface area contributed by atoms with Gasteiger partial charge in [-0.15, -0.1) is 11.3 Å². The number of nitrogens with two attached hydrogens (primary N) is 1. The third kappa shape index (κ3) is 2.16. The van der Waals surface area contributed by atoms with Crippen LogP contribution in [0, 0.1) is 0 Å². The van der Waals surface area contributed by atoms with Crippen LogP contribution in [-0.2, 0) is 0 Å². The Bertz CT molecular complexity index is 704. The van der Waals surface area contributed by atoms with E-state index in [-0.39, 0.29) is 0 Å². The minimum absolute atomic E-state index is 0.397. The van der Waals surface area contributed by atoms with Crippen molar-refractivity contribution < 1.29 is 9.26 Å². The Morgan fingerprint density at radius 2 is 2.10 bits per heavy atom. The Balaban J connectivity index is 2.17. The number of benzene rings is 1. The van der Waals surface area contributed by atoms with Crippen LogP contribution in [0.1, 0.15) is 6.92 Å². The number of para-hydroxylation sites is 1. The van der Waals surface area contributed by atoms with Gasteiger partial charge in [0, 0.05) is 4.88 Å². The van der Waals surface area contributed by atoms with Crippen molar-refractivity contribution in [3.8, 4) is 27.5 Å². The van der Waals surface area contributed by atoms with Crippen LogP contribution in [0.2, 0.25) is 0 Å². The third-order valence-electron chi connectivity index (χ3n) is 2.92. The number of anilines is 1. The standard InChI is InChI=1S/C15H14N2O2S/c1-2-18-11-7-4-3-6-10(11)14-13(15(16)17-19-14)12-8-5-9-20-12/h3-9H,2H2,1H3,(H2,16,17). The molecule has 0 aliphatic carbocycles. The zero-order valence-corrected chi connectivity index (χ0v) is 11.8. The van der Waals surface area contributed by atoms with E-state index in [4.69, 9.17) is 15.0 Å². The first kappa shape index (κ1) is 12.7. The first-order valence-electron chi connectivity index (χ1n) is 6.32. The van der Waals surface area contributed by atoms with Crippen LogP contribution in [0.4, 0.5) is 5.82 Å². The van der Waals surface area contributed by atoms with E-state index in [1.165, 1.54) is 0 Å². The molecule has 2 heterocycles. The lowest BCUT2D eigenvalue weighted by atomic mass is 10.1. The minimum Gasteiger partial charge on any atom is -0.493 e. The summed E-state index contributed by atoms with van der Waals surface area (Å²) in [6, 6.07) is 11.7. The highest BCUT2D eigenvalue weighted by Gasteiger charge is 2.20. The topological polar surface area (TPSA) is 61.3 Å². The van der Waals surface area contributed by atoms with Gasteiger partial charge in [0.2, 0.25) is 0 Å². The first-order chi connectivity index (χ1) is 9.81. The molecular formula is C15H14N2O2S. The smallest absolute Gasteiger partial charge is 0.181 e. The highest BCUT2D eigenvalue weighted by molar-refractivity contribution is 7.13. The molecule has 3 aromatic rings. The molecule has 0 saturated carbocycles. The number of nitrogen functional groups attached to an aromatic ring is 1. The maximum absolute atomic E-state index is 5.95. The maximum atomic E-state index is 5.95. The largest absolute Gasteiger partial charge is 0.493 e. The van der Waals surface area contributed by atoms with Gasteiger partial charge in [0.25, 0.3) is 0 Å². The van der Waals surface area contributed by atoms with Gasteiger partial charge in [0.05, 0.1) is 17.7 Å². The molecule has 0 fully saturated rings. The van der Waals surface area contributed by atoms with Crippen LogP contribution in [0.25, 0.3) is 21.8 Å². The molecule has 4 nitrogen and oxygen atoms in total. The first-order valence-corrected chi connectivity index (χ1v) is 7.20. The number of hydrogen-bond donors (Lipinski definition) is 1. The van der Waals surface area contributed by atoms with E-state index >= 15 is 0 Å². The Morgan fingerprint density at radius 3 is 2.85 bits per heavy atom. The van der Waals surface area contributed by atoms with E-state index in [1.54, 1.807) is 11.3 Å². The summed E-state index contributed by atoms with van der Waals surface area (Å²) in [5, 5.41) is 5.90. The van der Waals surface area contributed by atoms with Gasteiger partial charge in [0.15, 0.2) is 11.6 Å². The fraction of sp³-hybridized carbons (Fsp3) is 0.133. The second-order valence-corrected chi connectivity index (χ2v) is 5.13. The van der Waals surface area contributed by atoms with Crippen LogP contribution in [0.5, 0.6) is 5.75 Å². The molecule has 0 aliphatic heterocycles. The van der Waals surface area contributed by atoms with Crippen LogP contribution < -0.4 is 10.5 Å². The van der Waals surface area contributed by atoms with Crippen LogP contribution in [-0.4, -0.2) is 11.8 Å².